The van der Waals surface area contributed by atoms with Crippen molar-refractivity contribution >= 4 is 28.1 Å². The molecule has 1 unspecified atom stereocenters. The maximum absolute atomic E-state index is 11.5. The highest BCUT2D eigenvalue weighted by molar-refractivity contribution is 7.87. The average Bonchev–Trinajstić information content (AvgIpc) is 2.60. The zero-order valence-electron chi connectivity index (χ0n) is 8.07. The molecule has 1 atom stereocenters. The highest BCUT2D eigenvalue weighted by atomic mass is 32.2. The summed E-state index contributed by atoms with van der Waals surface area (Å²) >= 11 is 1.34. The van der Waals surface area contributed by atoms with E-state index in [1.165, 1.54) is 11.3 Å². The molecule has 0 saturated heterocycles. The number of hydrogen-bond acceptors (Lipinski definition) is 3. The second-order valence-electron chi connectivity index (χ2n) is 2.71. The Labute approximate surface area is 89.2 Å². The van der Waals surface area contributed by atoms with Crippen LogP contribution in [0.3, 0.4) is 0 Å². The van der Waals surface area contributed by atoms with Gasteiger partial charge in [-0.2, -0.15) is 0 Å². The van der Waals surface area contributed by atoms with Crippen molar-refractivity contribution in [2.75, 3.05) is 5.75 Å². The molecule has 0 amide bonds. The molecule has 78 valence electrons. The van der Waals surface area contributed by atoms with Crippen LogP contribution in [0.1, 0.15) is 29.1 Å². The lowest BCUT2D eigenvalue weighted by molar-refractivity contribution is 0.0694. The first-order chi connectivity index (χ1) is 6.60. The van der Waals surface area contributed by atoms with Crippen LogP contribution >= 0.6 is 11.3 Å². The molecule has 14 heavy (non-hydrogen) atoms. The standard InChI is InChI=1S/C9H12O3S2/c1-3-6-5-7(8(10)11)9(13-6)14(12)4-2/h5H,3-4H2,1-2H3,(H,10,11). The molecule has 0 aliphatic rings. The second kappa shape index (κ2) is 4.70. The van der Waals surface area contributed by atoms with E-state index in [-0.39, 0.29) is 5.56 Å². The number of carboxylic acids is 1. The van der Waals surface area contributed by atoms with Crippen LogP contribution < -0.4 is 0 Å². The lowest BCUT2D eigenvalue weighted by Gasteiger charge is -1.95. The number of hydrogen-bond donors (Lipinski definition) is 1. The minimum atomic E-state index is -1.17. The lowest BCUT2D eigenvalue weighted by Crippen LogP contribution is -2.01. The summed E-state index contributed by atoms with van der Waals surface area (Å²) in [5.41, 5.74) is 0.201. The topological polar surface area (TPSA) is 54.4 Å². The van der Waals surface area contributed by atoms with Crippen LogP contribution in [0.2, 0.25) is 0 Å². The van der Waals surface area contributed by atoms with E-state index < -0.39 is 16.8 Å². The van der Waals surface area contributed by atoms with E-state index in [9.17, 15) is 9.00 Å². The van der Waals surface area contributed by atoms with Gasteiger partial charge in [-0.3, -0.25) is 4.21 Å². The van der Waals surface area contributed by atoms with E-state index in [0.29, 0.717) is 9.96 Å². The Morgan fingerprint density at radius 2 is 2.21 bits per heavy atom. The van der Waals surface area contributed by atoms with Gasteiger partial charge in [0.15, 0.2) is 0 Å². The quantitative estimate of drug-likeness (QED) is 0.865. The highest BCUT2D eigenvalue weighted by Crippen LogP contribution is 2.26. The fourth-order valence-corrected chi connectivity index (χ4v) is 3.56. The average molecular weight is 232 g/mol. The number of thiophene rings is 1. The Balaban J connectivity index is 3.18. The van der Waals surface area contributed by atoms with Gasteiger partial charge in [0, 0.05) is 10.6 Å². The van der Waals surface area contributed by atoms with E-state index >= 15 is 0 Å². The molecule has 5 heteroatoms. The van der Waals surface area contributed by atoms with Crippen molar-refractivity contribution in [3.63, 3.8) is 0 Å². The predicted molar refractivity (Wildman–Crippen MR) is 57.6 cm³/mol. The van der Waals surface area contributed by atoms with Gasteiger partial charge in [0.05, 0.1) is 16.4 Å². The minimum absolute atomic E-state index is 0.201. The van der Waals surface area contributed by atoms with Crippen LogP contribution in [0.5, 0.6) is 0 Å². The molecule has 0 aromatic carbocycles. The second-order valence-corrected chi connectivity index (χ2v) is 5.78. The van der Waals surface area contributed by atoms with E-state index in [2.05, 4.69) is 0 Å². The zero-order chi connectivity index (χ0) is 10.7. The third-order valence-corrected chi connectivity index (χ3v) is 4.84. The van der Waals surface area contributed by atoms with Gasteiger partial charge in [0.1, 0.15) is 4.21 Å². The van der Waals surface area contributed by atoms with Crippen LogP contribution in [0.15, 0.2) is 10.3 Å². The van der Waals surface area contributed by atoms with Gasteiger partial charge in [0.25, 0.3) is 0 Å². The summed E-state index contributed by atoms with van der Waals surface area (Å²) in [5, 5.41) is 8.89. The Kier molecular flexibility index (Phi) is 3.83. The molecule has 1 heterocycles. The molecule has 3 nitrogen and oxygen atoms in total. The van der Waals surface area contributed by atoms with Crippen LogP contribution in [-0.4, -0.2) is 21.0 Å². The van der Waals surface area contributed by atoms with Crippen LogP contribution in [0.25, 0.3) is 0 Å². The number of carbonyl (C=O) groups is 1. The molecule has 0 radical (unpaired) electrons. The third-order valence-electron chi connectivity index (χ3n) is 1.80. The third kappa shape index (κ3) is 2.22. The molecule has 0 fully saturated rings. The largest absolute Gasteiger partial charge is 0.478 e. The normalized spacial score (nSPS) is 12.7. The van der Waals surface area contributed by atoms with Crippen LogP contribution in [0, 0.1) is 0 Å². The van der Waals surface area contributed by atoms with Crippen molar-refractivity contribution in [3.8, 4) is 0 Å². The van der Waals surface area contributed by atoms with Crippen molar-refractivity contribution in [1.82, 2.24) is 0 Å². The molecule has 1 aromatic heterocycles. The summed E-state index contributed by atoms with van der Waals surface area (Å²) in [7, 11) is -1.17. The maximum atomic E-state index is 11.5. The predicted octanol–water partition coefficient (Wildman–Crippen LogP) is 2.14. The zero-order valence-corrected chi connectivity index (χ0v) is 9.70. The van der Waals surface area contributed by atoms with E-state index in [0.717, 1.165) is 11.3 Å². The molecule has 0 saturated carbocycles. The summed E-state index contributed by atoms with van der Waals surface area (Å²) < 4.78 is 12.0. The molecule has 1 N–H and O–H groups in total. The van der Waals surface area contributed by atoms with Gasteiger partial charge in [0.2, 0.25) is 0 Å². The molecular weight excluding hydrogens is 220 g/mol. The Morgan fingerprint density at radius 1 is 1.57 bits per heavy atom. The molecule has 0 bridgehead atoms. The molecule has 0 aliphatic heterocycles. The first-order valence-electron chi connectivity index (χ1n) is 4.34. The molecule has 0 aliphatic carbocycles. The summed E-state index contributed by atoms with van der Waals surface area (Å²) in [6, 6.07) is 1.62. The van der Waals surface area contributed by atoms with Gasteiger partial charge in [-0.1, -0.05) is 13.8 Å². The maximum Gasteiger partial charge on any atom is 0.337 e. The van der Waals surface area contributed by atoms with Crippen LogP contribution in [0.4, 0.5) is 0 Å². The molecule has 1 aromatic rings. The monoisotopic (exact) mass is 232 g/mol. The van der Waals surface area contributed by atoms with E-state index in [4.69, 9.17) is 5.11 Å². The van der Waals surface area contributed by atoms with Gasteiger partial charge in [-0.25, -0.2) is 4.79 Å². The van der Waals surface area contributed by atoms with Crippen molar-refractivity contribution in [2.45, 2.75) is 24.5 Å². The van der Waals surface area contributed by atoms with Crippen molar-refractivity contribution < 1.29 is 14.1 Å². The van der Waals surface area contributed by atoms with Crippen LogP contribution in [-0.2, 0) is 17.2 Å². The fourth-order valence-electron chi connectivity index (χ4n) is 1.05. The van der Waals surface area contributed by atoms with Gasteiger partial charge in [-0.05, 0) is 12.5 Å². The van der Waals surface area contributed by atoms with Crippen molar-refractivity contribution in [1.29, 1.82) is 0 Å². The Hall–Kier alpha value is -0.680. The van der Waals surface area contributed by atoms with Gasteiger partial charge >= 0.3 is 5.97 Å². The number of aromatic carboxylic acids is 1. The Bertz CT molecular complexity index is 368. The SMILES string of the molecule is CCc1cc(C(=O)O)c(S(=O)CC)s1. The van der Waals surface area contributed by atoms with Crippen molar-refractivity contribution in [3.05, 3.63) is 16.5 Å². The van der Waals surface area contributed by atoms with Crippen molar-refractivity contribution in [2.24, 2.45) is 0 Å². The summed E-state index contributed by atoms with van der Waals surface area (Å²) in [4.78, 5) is 11.8. The fraction of sp³-hybridized carbons (Fsp3) is 0.444. The van der Waals surface area contributed by atoms with Gasteiger partial charge in [-0.15, -0.1) is 11.3 Å². The molecule has 0 spiro atoms. The minimum Gasteiger partial charge on any atom is -0.478 e. The first-order valence-corrected chi connectivity index (χ1v) is 6.48. The number of carboxylic acid groups (broad SMARTS) is 1. The summed E-state index contributed by atoms with van der Waals surface area (Å²) in [6.07, 6.45) is 0.784. The number of rotatable bonds is 4. The lowest BCUT2D eigenvalue weighted by atomic mass is 10.3. The molecule has 1 rings (SSSR count). The first kappa shape index (κ1) is 11.4. The smallest absolute Gasteiger partial charge is 0.337 e. The Morgan fingerprint density at radius 3 is 2.64 bits per heavy atom. The summed E-state index contributed by atoms with van der Waals surface area (Å²) in [6.45, 7) is 3.74. The summed E-state index contributed by atoms with van der Waals surface area (Å²) in [5.74, 6) is -0.526. The van der Waals surface area contributed by atoms with E-state index in [1.54, 1.807) is 13.0 Å². The van der Waals surface area contributed by atoms with Gasteiger partial charge < -0.3 is 5.11 Å². The highest BCUT2D eigenvalue weighted by Gasteiger charge is 2.18. The van der Waals surface area contributed by atoms with E-state index in [1.807, 2.05) is 6.92 Å². The molecular formula is C9H12O3S2. The number of aryl methyl sites for hydroxylation is 1.